The van der Waals surface area contributed by atoms with E-state index in [0.717, 1.165) is 0 Å². The molecule has 0 saturated heterocycles. The molecule has 1 rings (SSSR count). The van der Waals surface area contributed by atoms with Crippen LogP contribution in [-0.4, -0.2) is 31.8 Å². The molecule has 7 heteroatoms. The standard InChI is InChI=1S/C12H18F4O2S/c1-2-11(13)5-3-10(4-6-11)9-19(17,18)8-7-12(14,15)16/h2,10H,1,3-9H2. The first-order valence-electron chi connectivity index (χ1n) is 6.15. The molecule has 1 fully saturated rings. The van der Waals surface area contributed by atoms with Crippen molar-refractivity contribution in [1.82, 2.24) is 0 Å². The Kier molecular flexibility index (Phi) is 5.03. The number of alkyl halides is 4. The van der Waals surface area contributed by atoms with Gasteiger partial charge in [0.1, 0.15) is 5.67 Å². The third-order valence-corrected chi connectivity index (χ3v) is 5.29. The van der Waals surface area contributed by atoms with E-state index >= 15 is 0 Å². The van der Waals surface area contributed by atoms with Gasteiger partial charge < -0.3 is 0 Å². The Hall–Kier alpha value is -0.590. The van der Waals surface area contributed by atoms with Gasteiger partial charge in [-0.1, -0.05) is 12.7 Å². The van der Waals surface area contributed by atoms with Gasteiger partial charge in [-0.25, -0.2) is 12.8 Å². The summed E-state index contributed by atoms with van der Waals surface area (Å²) >= 11 is 0. The van der Waals surface area contributed by atoms with Crippen LogP contribution >= 0.6 is 0 Å². The molecule has 112 valence electrons. The lowest BCUT2D eigenvalue weighted by Crippen LogP contribution is -2.31. The van der Waals surface area contributed by atoms with Crippen LogP contribution in [0.1, 0.15) is 32.1 Å². The molecule has 1 aliphatic rings. The first kappa shape index (κ1) is 16.5. The van der Waals surface area contributed by atoms with Gasteiger partial charge in [-0.2, -0.15) is 13.2 Å². The van der Waals surface area contributed by atoms with Crippen molar-refractivity contribution in [3.05, 3.63) is 12.7 Å². The minimum absolute atomic E-state index is 0.190. The van der Waals surface area contributed by atoms with Crippen molar-refractivity contribution in [3.8, 4) is 0 Å². The Morgan fingerprint density at radius 1 is 1.26 bits per heavy atom. The van der Waals surface area contributed by atoms with Gasteiger partial charge in [-0.15, -0.1) is 0 Å². The van der Waals surface area contributed by atoms with E-state index < -0.39 is 33.9 Å². The molecule has 0 N–H and O–H groups in total. The summed E-state index contributed by atoms with van der Waals surface area (Å²) in [7, 11) is -3.73. The third kappa shape index (κ3) is 5.93. The van der Waals surface area contributed by atoms with E-state index in [1.54, 1.807) is 0 Å². The number of hydrogen-bond donors (Lipinski definition) is 0. The second-order valence-corrected chi connectivity index (χ2v) is 7.39. The molecule has 0 heterocycles. The summed E-state index contributed by atoms with van der Waals surface area (Å²) in [5.74, 6) is -1.41. The normalized spacial score (nSPS) is 29.2. The maximum Gasteiger partial charge on any atom is 0.390 e. The predicted molar refractivity (Wildman–Crippen MR) is 65.3 cm³/mol. The van der Waals surface area contributed by atoms with Gasteiger partial charge in [-0.05, 0) is 31.6 Å². The molecule has 0 spiro atoms. The maximum atomic E-state index is 13.8. The van der Waals surface area contributed by atoms with Crippen LogP contribution in [0.5, 0.6) is 0 Å². The molecule has 1 aliphatic carbocycles. The van der Waals surface area contributed by atoms with Gasteiger partial charge in [0.05, 0.1) is 17.9 Å². The van der Waals surface area contributed by atoms with Gasteiger partial charge in [0, 0.05) is 0 Å². The van der Waals surface area contributed by atoms with E-state index in [1.165, 1.54) is 6.08 Å². The number of hydrogen-bond acceptors (Lipinski definition) is 2. The Labute approximate surface area is 110 Å². The number of halogens is 4. The molecule has 19 heavy (non-hydrogen) atoms. The summed E-state index contributed by atoms with van der Waals surface area (Å²) in [4.78, 5) is 0. The molecule has 0 atom stereocenters. The topological polar surface area (TPSA) is 34.1 Å². The van der Waals surface area contributed by atoms with Gasteiger partial charge in [0.2, 0.25) is 0 Å². The molecule has 0 unspecified atom stereocenters. The largest absolute Gasteiger partial charge is 0.390 e. The van der Waals surface area contributed by atoms with Crippen molar-refractivity contribution in [3.63, 3.8) is 0 Å². The molecule has 0 radical (unpaired) electrons. The van der Waals surface area contributed by atoms with E-state index in [4.69, 9.17) is 0 Å². The Bertz CT molecular complexity index is 406. The maximum absolute atomic E-state index is 13.8. The summed E-state index contributed by atoms with van der Waals surface area (Å²) in [5.41, 5.74) is -1.45. The van der Waals surface area contributed by atoms with Crippen molar-refractivity contribution in [2.24, 2.45) is 5.92 Å². The van der Waals surface area contributed by atoms with Gasteiger partial charge >= 0.3 is 6.18 Å². The summed E-state index contributed by atoms with van der Waals surface area (Å²) in [5, 5.41) is 0. The van der Waals surface area contributed by atoms with Crippen LogP contribution in [0, 0.1) is 5.92 Å². The Morgan fingerprint density at radius 2 is 1.79 bits per heavy atom. The van der Waals surface area contributed by atoms with E-state index in [1.807, 2.05) is 0 Å². The fraction of sp³-hybridized carbons (Fsp3) is 0.833. The van der Waals surface area contributed by atoms with Crippen molar-refractivity contribution in [2.75, 3.05) is 11.5 Å². The van der Waals surface area contributed by atoms with Crippen molar-refractivity contribution < 1.29 is 26.0 Å². The molecule has 2 nitrogen and oxygen atoms in total. The molecule has 0 aromatic rings. The smallest absolute Gasteiger partial charge is 0.239 e. The molecular formula is C12H18F4O2S. The second kappa shape index (κ2) is 5.81. The van der Waals surface area contributed by atoms with Crippen LogP contribution in [0.25, 0.3) is 0 Å². The number of rotatable bonds is 5. The summed E-state index contributed by atoms with van der Waals surface area (Å²) < 4.78 is 72.9. The highest BCUT2D eigenvalue weighted by Crippen LogP contribution is 2.36. The van der Waals surface area contributed by atoms with Crippen LogP contribution in [0.4, 0.5) is 17.6 Å². The fourth-order valence-corrected chi connectivity index (χ4v) is 4.00. The average Bonchev–Trinajstić information content (AvgIpc) is 2.29. The average molecular weight is 302 g/mol. The lowest BCUT2D eigenvalue weighted by Gasteiger charge is -2.31. The van der Waals surface area contributed by atoms with Crippen molar-refractivity contribution >= 4 is 9.84 Å². The quantitative estimate of drug-likeness (QED) is 0.576. The highest BCUT2D eigenvalue weighted by atomic mass is 32.2. The van der Waals surface area contributed by atoms with Gasteiger partial charge in [0.25, 0.3) is 0 Å². The van der Waals surface area contributed by atoms with E-state index in [-0.39, 0.29) is 24.5 Å². The number of allylic oxidation sites excluding steroid dienone is 1. The minimum Gasteiger partial charge on any atom is -0.239 e. The monoisotopic (exact) mass is 302 g/mol. The van der Waals surface area contributed by atoms with Crippen LogP contribution in [0.2, 0.25) is 0 Å². The van der Waals surface area contributed by atoms with Crippen LogP contribution in [0.3, 0.4) is 0 Å². The Balaban J connectivity index is 2.46. The first-order chi connectivity index (χ1) is 8.55. The zero-order valence-corrected chi connectivity index (χ0v) is 11.4. The van der Waals surface area contributed by atoms with Crippen LogP contribution in [0.15, 0.2) is 12.7 Å². The first-order valence-corrected chi connectivity index (χ1v) is 7.97. The molecule has 0 aromatic carbocycles. The minimum atomic E-state index is -4.46. The summed E-state index contributed by atoms with van der Waals surface area (Å²) in [6.45, 7) is 3.39. The van der Waals surface area contributed by atoms with Gasteiger partial charge in [0.15, 0.2) is 9.84 Å². The molecule has 0 amide bonds. The zero-order valence-electron chi connectivity index (χ0n) is 10.5. The van der Waals surface area contributed by atoms with Gasteiger partial charge in [-0.3, -0.25) is 0 Å². The van der Waals surface area contributed by atoms with E-state index in [2.05, 4.69) is 6.58 Å². The lowest BCUT2D eigenvalue weighted by atomic mass is 9.81. The van der Waals surface area contributed by atoms with Crippen LogP contribution in [-0.2, 0) is 9.84 Å². The molecule has 0 aromatic heterocycles. The zero-order chi connectivity index (χ0) is 14.7. The molecular weight excluding hydrogens is 284 g/mol. The summed E-state index contributed by atoms with van der Waals surface area (Å²) in [6, 6.07) is 0. The highest BCUT2D eigenvalue weighted by molar-refractivity contribution is 7.91. The third-order valence-electron chi connectivity index (χ3n) is 3.49. The predicted octanol–water partition coefficient (Wildman–Crippen LogP) is 3.44. The summed E-state index contributed by atoms with van der Waals surface area (Å²) in [6.07, 6.45) is -3.44. The molecule has 0 bridgehead atoms. The van der Waals surface area contributed by atoms with Crippen molar-refractivity contribution in [1.29, 1.82) is 0 Å². The van der Waals surface area contributed by atoms with E-state index in [0.29, 0.717) is 12.8 Å². The highest BCUT2D eigenvalue weighted by Gasteiger charge is 2.35. The molecule has 1 saturated carbocycles. The lowest BCUT2D eigenvalue weighted by molar-refractivity contribution is -0.129. The second-order valence-electron chi connectivity index (χ2n) is 5.16. The Morgan fingerprint density at radius 3 is 2.21 bits per heavy atom. The number of sulfone groups is 1. The van der Waals surface area contributed by atoms with Crippen LogP contribution < -0.4 is 0 Å². The fourth-order valence-electron chi connectivity index (χ4n) is 2.24. The molecule has 0 aliphatic heterocycles. The van der Waals surface area contributed by atoms with Crippen molar-refractivity contribution in [2.45, 2.75) is 43.9 Å². The SMILES string of the molecule is C=CC1(F)CCC(CS(=O)(=O)CCC(F)(F)F)CC1. The van der Waals surface area contributed by atoms with E-state index in [9.17, 15) is 26.0 Å².